The molecule has 0 aromatic heterocycles. The summed E-state index contributed by atoms with van der Waals surface area (Å²) in [5.74, 6) is 1.27. The van der Waals surface area contributed by atoms with Gasteiger partial charge in [0.15, 0.2) is 11.5 Å². The van der Waals surface area contributed by atoms with Gasteiger partial charge in [-0.15, -0.1) is 0 Å². The van der Waals surface area contributed by atoms with Crippen LogP contribution in [0.3, 0.4) is 0 Å². The highest BCUT2D eigenvalue weighted by atomic mass is 35.5. The minimum absolute atomic E-state index is 0.202. The highest BCUT2D eigenvalue weighted by Crippen LogP contribution is 2.38. The lowest BCUT2D eigenvalue weighted by molar-refractivity contribution is -0.123. The number of carbonyl (C=O) groups is 2. The van der Waals surface area contributed by atoms with Crippen LogP contribution >= 0.6 is 23.4 Å². The molecule has 2 amide bonds. The summed E-state index contributed by atoms with van der Waals surface area (Å²) in [4.78, 5) is 26.9. The molecule has 1 heterocycles. The Balaban J connectivity index is 1.81. The molecule has 1 aliphatic heterocycles. The van der Waals surface area contributed by atoms with E-state index < -0.39 is 0 Å². The van der Waals surface area contributed by atoms with Crippen LogP contribution < -0.4 is 9.47 Å². The normalized spacial score (nSPS) is 19.8. The van der Waals surface area contributed by atoms with Crippen molar-refractivity contribution in [3.63, 3.8) is 0 Å². The van der Waals surface area contributed by atoms with Crippen LogP contribution in [0.25, 0.3) is 6.08 Å². The van der Waals surface area contributed by atoms with Gasteiger partial charge < -0.3 is 9.47 Å². The maximum absolute atomic E-state index is 12.8. The third kappa shape index (κ3) is 4.61. The zero-order valence-corrected chi connectivity index (χ0v) is 17.2. The fourth-order valence-electron chi connectivity index (χ4n) is 3.52. The van der Waals surface area contributed by atoms with Gasteiger partial charge in [-0.1, -0.05) is 30.9 Å². The largest absolute Gasteiger partial charge is 0.493 e. The van der Waals surface area contributed by atoms with Crippen molar-refractivity contribution in [2.45, 2.75) is 39.0 Å². The highest BCUT2D eigenvalue weighted by molar-refractivity contribution is 8.18. The third-order valence-corrected chi connectivity index (χ3v) is 6.14. The average Bonchev–Trinajstić information content (AvgIpc) is 2.92. The zero-order chi connectivity index (χ0) is 19.4. The summed E-state index contributed by atoms with van der Waals surface area (Å²) in [6.07, 6.45) is 7.44. The van der Waals surface area contributed by atoms with Gasteiger partial charge in [0.05, 0.1) is 23.6 Å². The van der Waals surface area contributed by atoms with Crippen molar-refractivity contribution in [2.75, 3.05) is 20.3 Å². The molecule has 0 bridgehead atoms. The molecule has 27 heavy (non-hydrogen) atoms. The smallest absolute Gasteiger partial charge is 0.293 e. The summed E-state index contributed by atoms with van der Waals surface area (Å²) in [5, 5.41) is 0.237. The van der Waals surface area contributed by atoms with E-state index in [1.807, 2.05) is 6.92 Å². The van der Waals surface area contributed by atoms with Crippen molar-refractivity contribution in [3.05, 3.63) is 27.6 Å². The van der Waals surface area contributed by atoms with E-state index in [4.69, 9.17) is 21.1 Å². The summed E-state index contributed by atoms with van der Waals surface area (Å²) in [6.45, 7) is 2.88. The molecule has 5 nitrogen and oxygen atoms in total. The number of hydrogen-bond acceptors (Lipinski definition) is 5. The second-order valence-corrected chi connectivity index (χ2v) is 8.15. The Morgan fingerprint density at radius 1 is 1.22 bits per heavy atom. The first-order valence-electron chi connectivity index (χ1n) is 9.29. The van der Waals surface area contributed by atoms with E-state index >= 15 is 0 Å². The molecule has 1 saturated heterocycles. The Bertz CT molecular complexity index is 759. The lowest BCUT2D eigenvalue weighted by Gasteiger charge is -2.25. The van der Waals surface area contributed by atoms with E-state index in [1.54, 1.807) is 25.3 Å². The molecule has 146 valence electrons. The van der Waals surface area contributed by atoms with Crippen LogP contribution in [0.5, 0.6) is 11.5 Å². The lowest BCUT2D eigenvalue weighted by atomic mass is 9.89. The van der Waals surface area contributed by atoms with Crippen molar-refractivity contribution in [1.29, 1.82) is 0 Å². The highest BCUT2D eigenvalue weighted by Gasteiger charge is 2.36. The molecule has 3 rings (SSSR count). The molecule has 2 aliphatic rings. The van der Waals surface area contributed by atoms with Gasteiger partial charge in [-0.3, -0.25) is 14.5 Å². The van der Waals surface area contributed by atoms with Crippen LogP contribution in [-0.4, -0.2) is 36.3 Å². The van der Waals surface area contributed by atoms with E-state index in [0.717, 1.165) is 24.6 Å². The number of rotatable bonds is 6. The summed E-state index contributed by atoms with van der Waals surface area (Å²) in [7, 11) is 1.55. The van der Waals surface area contributed by atoms with Crippen LogP contribution in [0.2, 0.25) is 5.02 Å². The lowest BCUT2D eigenvalue weighted by Crippen LogP contribution is -2.34. The Hall–Kier alpha value is -1.66. The Labute approximate surface area is 169 Å². The number of benzene rings is 1. The molecule has 2 fully saturated rings. The molecular formula is C20H24ClNO4S. The first-order valence-corrected chi connectivity index (χ1v) is 10.5. The number of ether oxygens (including phenoxy) is 2. The minimum Gasteiger partial charge on any atom is -0.493 e. The Kier molecular flexibility index (Phi) is 6.71. The maximum Gasteiger partial charge on any atom is 0.293 e. The van der Waals surface area contributed by atoms with Crippen molar-refractivity contribution >= 4 is 40.6 Å². The van der Waals surface area contributed by atoms with Gasteiger partial charge in [-0.25, -0.2) is 0 Å². The quantitative estimate of drug-likeness (QED) is 0.591. The van der Waals surface area contributed by atoms with Crippen LogP contribution in [0, 0.1) is 5.92 Å². The van der Waals surface area contributed by atoms with Gasteiger partial charge in [0.1, 0.15) is 0 Å². The number of halogens is 1. The summed E-state index contributed by atoms with van der Waals surface area (Å²) >= 11 is 7.31. The van der Waals surface area contributed by atoms with Crippen LogP contribution in [-0.2, 0) is 4.79 Å². The second kappa shape index (κ2) is 9.02. The van der Waals surface area contributed by atoms with Crippen molar-refractivity contribution < 1.29 is 19.1 Å². The number of hydrogen-bond donors (Lipinski definition) is 0. The first-order chi connectivity index (χ1) is 13.0. The Morgan fingerprint density at radius 2 is 1.96 bits per heavy atom. The molecule has 7 heteroatoms. The van der Waals surface area contributed by atoms with E-state index in [9.17, 15) is 9.59 Å². The summed E-state index contributed by atoms with van der Waals surface area (Å²) in [6, 6.07) is 3.39. The number of thioether (sulfide) groups is 1. The van der Waals surface area contributed by atoms with Gasteiger partial charge in [-0.2, -0.15) is 0 Å². The molecule has 0 N–H and O–H groups in total. The number of nitrogens with zero attached hydrogens (tertiary/aromatic N) is 1. The predicted octanol–water partition coefficient (Wildman–Crippen LogP) is 5.36. The van der Waals surface area contributed by atoms with Crippen LogP contribution in [0.4, 0.5) is 4.79 Å². The molecule has 0 spiro atoms. The number of methoxy groups -OCH3 is 1. The predicted molar refractivity (Wildman–Crippen MR) is 108 cm³/mol. The van der Waals surface area contributed by atoms with E-state index in [1.165, 1.54) is 24.2 Å². The monoisotopic (exact) mass is 409 g/mol. The van der Waals surface area contributed by atoms with Crippen molar-refractivity contribution in [2.24, 2.45) is 5.92 Å². The fourth-order valence-corrected chi connectivity index (χ4v) is 4.56. The second-order valence-electron chi connectivity index (χ2n) is 6.75. The molecule has 0 radical (unpaired) electrons. The zero-order valence-electron chi connectivity index (χ0n) is 15.6. The van der Waals surface area contributed by atoms with Crippen molar-refractivity contribution in [1.82, 2.24) is 4.90 Å². The topological polar surface area (TPSA) is 55.8 Å². The third-order valence-electron chi connectivity index (χ3n) is 4.91. The maximum atomic E-state index is 12.8. The number of amides is 2. The fraction of sp³-hybridized carbons (Fsp3) is 0.500. The van der Waals surface area contributed by atoms with Crippen LogP contribution in [0.1, 0.15) is 44.6 Å². The SMILES string of the molecule is CCOc1cc(/C=C2/SC(=O)N(CC3CCCCC3)C2=O)c(Cl)cc1OC. The summed E-state index contributed by atoms with van der Waals surface area (Å²) in [5.41, 5.74) is 0.629. The van der Waals surface area contributed by atoms with E-state index in [0.29, 0.717) is 46.1 Å². The number of imide groups is 1. The van der Waals surface area contributed by atoms with Gasteiger partial charge in [-0.05, 0) is 55.2 Å². The molecule has 1 aliphatic carbocycles. The van der Waals surface area contributed by atoms with Crippen LogP contribution in [0.15, 0.2) is 17.0 Å². The molecule has 1 saturated carbocycles. The van der Waals surface area contributed by atoms with E-state index in [2.05, 4.69) is 0 Å². The average molecular weight is 410 g/mol. The minimum atomic E-state index is -0.236. The Morgan fingerprint density at radius 3 is 2.63 bits per heavy atom. The molecule has 0 atom stereocenters. The standard InChI is InChI=1S/C20H24ClNO4S/c1-3-26-17-9-14(15(21)11-16(17)25-2)10-18-19(23)22(20(24)27-18)12-13-7-5-4-6-8-13/h9-11,13H,3-8,12H2,1-2H3/b18-10+. The van der Waals surface area contributed by atoms with Gasteiger partial charge in [0.2, 0.25) is 0 Å². The summed E-state index contributed by atoms with van der Waals surface area (Å²) < 4.78 is 10.9. The van der Waals surface area contributed by atoms with Gasteiger partial charge in [0.25, 0.3) is 11.1 Å². The van der Waals surface area contributed by atoms with Gasteiger partial charge in [0, 0.05) is 12.6 Å². The molecular weight excluding hydrogens is 386 g/mol. The molecule has 1 aromatic rings. The molecule has 1 aromatic carbocycles. The van der Waals surface area contributed by atoms with E-state index in [-0.39, 0.29) is 11.1 Å². The molecule has 0 unspecified atom stereocenters. The van der Waals surface area contributed by atoms with Crippen molar-refractivity contribution in [3.8, 4) is 11.5 Å². The van der Waals surface area contributed by atoms with Gasteiger partial charge >= 0.3 is 0 Å². The first kappa shape index (κ1) is 20.1. The number of carbonyl (C=O) groups excluding carboxylic acids is 2.